The molecule has 0 radical (unpaired) electrons. The lowest BCUT2D eigenvalue weighted by Gasteiger charge is -2.40. The third kappa shape index (κ3) is 8.72. The quantitative estimate of drug-likeness (QED) is 0.106. The third-order valence-electron chi connectivity index (χ3n) is 9.10. The number of methoxy groups -OCH3 is 2. The number of hydrogen-bond donors (Lipinski definition) is 2. The van der Waals surface area contributed by atoms with Crippen LogP contribution in [0.25, 0.3) is 0 Å². The molecule has 2 N–H and O–H groups in total. The molecular formula is C41H38N2O11S. The molecule has 6 rings (SSSR count). The average Bonchev–Trinajstić information content (AvgIpc) is 3.54. The van der Waals surface area contributed by atoms with Crippen molar-refractivity contribution in [3.63, 3.8) is 0 Å². The molecule has 0 unspecified atom stereocenters. The number of rotatable bonds is 15. The van der Waals surface area contributed by atoms with E-state index in [1.807, 2.05) is 54.6 Å². The van der Waals surface area contributed by atoms with Gasteiger partial charge in [0.25, 0.3) is 5.56 Å². The number of carbonyl (C=O) groups is 3. The summed E-state index contributed by atoms with van der Waals surface area (Å²) in [5.74, 6) is -0.778. The van der Waals surface area contributed by atoms with Crippen LogP contribution in [0.2, 0.25) is 0 Å². The van der Waals surface area contributed by atoms with Crippen LogP contribution >= 0.6 is 11.8 Å². The van der Waals surface area contributed by atoms with Crippen LogP contribution in [-0.4, -0.2) is 70.0 Å². The number of carbonyl (C=O) groups excluding carboxylic acids is 2. The van der Waals surface area contributed by atoms with Crippen LogP contribution < -0.4 is 20.7 Å². The molecule has 4 atom stereocenters. The molecule has 5 aromatic rings. The second kappa shape index (κ2) is 17.5. The lowest BCUT2D eigenvalue weighted by Crippen LogP contribution is -2.45. The summed E-state index contributed by atoms with van der Waals surface area (Å²) in [6.07, 6.45) is -3.06. The summed E-state index contributed by atoms with van der Waals surface area (Å²) in [4.78, 5) is 65.8. The number of ether oxygens (including phenoxy) is 5. The topological polar surface area (TPSA) is 172 Å². The molecule has 1 fully saturated rings. The number of nitrogens with zero attached hydrogens (tertiary/aromatic N) is 1. The highest BCUT2D eigenvalue weighted by Gasteiger charge is 2.53. The highest BCUT2D eigenvalue weighted by Crippen LogP contribution is 2.48. The zero-order chi connectivity index (χ0) is 39.0. The number of aromatic amines is 1. The maximum Gasteiger partial charge on any atom is 0.330 e. The standard InChI is InChI=1S/C41H38N2O11S/c1-50-30-17-13-28(14-18-30)41(27-11-7-4-8-12-27,29-15-19-31(51-2)20-16-29)54-36-32(25-52-35(47)22-21-34(45)46)53-38(43-24-23-33(44)42-40(43)49)37(36)55-39(48)26-9-5-3-6-10-26/h3-20,23-24,32,36-38H,21-22,25H2,1-2H3,(H,45,46)(H,42,44,49)/t32-,36-,37-,38-/m1/s1. The van der Waals surface area contributed by atoms with E-state index in [1.54, 1.807) is 68.8 Å². The Labute approximate surface area is 319 Å². The summed E-state index contributed by atoms with van der Waals surface area (Å²) < 4.78 is 31.7. The molecule has 0 aliphatic carbocycles. The van der Waals surface area contributed by atoms with Crippen molar-refractivity contribution in [3.8, 4) is 11.5 Å². The minimum atomic E-state index is -1.45. The van der Waals surface area contributed by atoms with Crippen molar-refractivity contribution in [1.82, 2.24) is 9.55 Å². The Hall–Kier alpha value is -5.96. The van der Waals surface area contributed by atoms with E-state index >= 15 is 0 Å². The fourth-order valence-electron chi connectivity index (χ4n) is 6.42. The van der Waals surface area contributed by atoms with E-state index in [4.69, 9.17) is 28.8 Å². The van der Waals surface area contributed by atoms with Gasteiger partial charge >= 0.3 is 17.6 Å². The lowest BCUT2D eigenvalue weighted by atomic mass is 9.79. The number of aromatic nitrogens is 2. The van der Waals surface area contributed by atoms with E-state index in [-0.39, 0.29) is 5.12 Å². The molecule has 1 saturated heterocycles. The SMILES string of the molecule is COc1ccc(C(O[C@H]2[C@@H](SC(=O)c3ccccc3)[C@H](n3ccc(=O)[nH]c3=O)O[C@@H]2COC(=O)CCC(=O)O)(c2ccccc2)c2ccc(OC)cc2)cc1. The molecule has 2 heterocycles. The summed E-state index contributed by atoms with van der Waals surface area (Å²) in [6, 6.07) is 33.7. The zero-order valence-corrected chi connectivity index (χ0v) is 30.7. The predicted molar refractivity (Wildman–Crippen MR) is 202 cm³/mol. The smallest absolute Gasteiger partial charge is 0.330 e. The van der Waals surface area contributed by atoms with Gasteiger partial charge in [-0.25, -0.2) is 4.79 Å². The Bertz CT molecular complexity index is 2160. The molecule has 13 nitrogen and oxygen atoms in total. The first-order valence-electron chi connectivity index (χ1n) is 17.3. The van der Waals surface area contributed by atoms with Gasteiger partial charge in [0.2, 0.25) is 5.12 Å². The number of benzene rings is 4. The first kappa shape index (κ1) is 38.8. The second-order valence-electron chi connectivity index (χ2n) is 12.5. The van der Waals surface area contributed by atoms with E-state index in [1.165, 1.54) is 6.20 Å². The van der Waals surface area contributed by atoms with Gasteiger partial charge < -0.3 is 28.8 Å². The van der Waals surface area contributed by atoms with Gasteiger partial charge in [-0.15, -0.1) is 0 Å². The van der Waals surface area contributed by atoms with Crippen molar-refractivity contribution in [2.45, 2.75) is 42.1 Å². The first-order chi connectivity index (χ1) is 26.6. The molecular weight excluding hydrogens is 729 g/mol. The van der Waals surface area contributed by atoms with Gasteiger partial charge in [-0.05, 0) is 41.0 Å². The lowest BCUT2D eigenvalue weighted by molar-refractivity contribution is -0.155. The van der Waals surface area contributed by atoms with Crippen LogP contribution in [-0.2, 0) is 29.4 Å². The van der Waals surface area contributed by atoms with Crippen LogP contribution in [0.15, 0.2) is 131 Å². The molecule has 0 spiro atoms. The van der Waals surface area contributed by atoms with Crippen LogP contribution in [0, 0.1) is 0 Å². The number of nitrogens with one attached hydrogen (secondary N) is 1. The minimum absolute atomic E-state index is 0.358. The van der Waals surface area contributed by atoms with Crippen LogP contribution in [0.5, 0.6) is 11.5 Å². The number of carboxylic acids is 1. The molecule has 4 aromatic carbocycles. The maximum atomic E-state index is 14.0. The van der Waals surface area contributed by atoms with Crippen molar-refractivity contribution in [2.75, 3.05) is 20.8 Å². The monoisotopic (exact) mass is 766 g/mol. The number of H-pyrrole nitrogens is 1. The van der Waals surface area contributed by atoms with Crippen molar-refractivity contribution < 1.29 is 43.2 Å². The molecule has 284 valence electrons. The molecule has 14 heteroatoms. The molecule has 0 bridgehead atoms. The second-order valence-corrected chi connectivity index (χ2v) is 13.6. The molecule has 55 heavy (non-hydrogen) atoms. The average molecular weight is 767 g/mol. The first-order valence-corrected chi connectivity index (χ1v) is 18.1. The van der Waals surface area contributed by atoms with Gasteiger partial charge in [-0.3, -0.25) is 28.7 Å². The van der Waals surface area contributed by atoms with Gasteiger partial charge in [-0.2, -0.15) is 0 Å². The maximum absolute atomic E-state index is 14.0. The highest BCUT2D eigenvalue weighted by molar-refractivity contribution is 8.14. The predicted octanol–water partition coefficient (Wildman–Crippen LogP) is 5.18. The molecule has 1 aromatic heterocycles. The Balaban J connectivity index is 1.56. The largest absolute Gasteiger partial charge is 0.497 e. The molecule has 0 saturated carbocycles. The van der Waals surface area contributed by atoms with Crippen LogP contribution in [0.4, 0.5) is 0 Å². The van der Waals surface area contributed by atoms with E-state index in [9.17, 15) is 24.0 Å². The van der Waals surface area contributed by atoms with Crippen molar-refractivity contribution in [3.05, 3.63) is 165 Å². The fraction of sp³-hybridized carbons (Fsp3) is 0.244. The number of aliphatic carboxylic acids is 1. The van der Waals surface area contributed by atoms with Gasteiger partial charge in [0.15, 0.2) is 6.23 Å². The van der Waals surface area contributed by atoms with Crippen molar-refractivity contribution >= 4 is 28.8 Å². The van der Waals surface area contributed by atoms with Crippen LogP contribution in [0.1, 0.15) is 46.1 Å². The Kier molecular flexibility index (Phi) is 12.3. The van der Waals surface area contributed by atoms with Gasteiger partial charge in [-0.1, -0.05) is 96.7 Å². The Morgan fingerprint density at radius 2 is 1.35 bits per heavy atom. The summed E-state index contributed by atoms with van der Waals surface area (Å²) >= 11 is 0.876. The van der Waals surface area contributed by atoms with Crippen molar-refractivity contribution in [2.24, 2.45) is 0 Å². The van der Waals surface area contributed by atoms with Gasteiger partial charge in [0.05, 0.1) is 32.3 Å². The Morgan fingerprint density at radius 3 is 1.89 bits per heavy atom. The number of carboxylic acid groups (broad SMARTS) is 1. The molecule has 1 aliphatic heterocycles. The van der Waals surface area contributed by atoms with E-state index in [2.05, 4.69) is 4.98 Å². The minimum Gasteiger partial charge on any atom is -0.497 e. The highest BCUT2D eigenvalue weighted by atomic mass is 32.2. The van der Waals surface area contributed by atoms with E-state index < -0.39 is 71.9 Å². The van der Waals surface area contributed by atoms with Crippen molar-refractivity contribution in [1.29, 1.82) is 0 Å². The number of hydrogen-bond acceptors (Lipinski definition) is 11. The normalized spacial score (nSPS) is 18.0. The summed E-state index contributed by atoms with van der Waals surface area (Å²) in [7, 11) is 3.12. The molecule has 0 amide bonds. The number of thioether (sulfide) groups is 1. The zero-order valence-electron chi connectivity index (χ0n) is 29.9. The summed E-state index contributed by atoms with van der Waals surface area (Å²) in [5.41, 5.74) is -0.504. The Morgan fingerprint density at radius 1 is 0.782 bits per heavy atom. The fourth-order valence-corrected chi connectivity index (χ4v) is 7.61. The van der Waals surface area contributed by atoms with Gasteiger partial charge in [0.1, 0.15) is 35.9 Å². The molecule has 1 aliphatic rings. The third-order valence-corrected chi connectivity index (χ3v) is 10.3. The van der Waals surface area contributed by atoms with Crippen LogP contribution in [0.3, 0.4) is 0 Å². The van der Waals surface area contributed by atoms with E-state index in [0.717, 1.165) is 22.4 Å². The summed E-state index contributed by atoms with van der Waals surface area (Å²) in [5, 5.41) is 7.80. The number of esters is 1. The van der Waals surface area contributed by atoms with Gasteiger partial charge in [0, 0.05) is 17.8 Å². The van der Waals surface area contributed by atoms with E-state index in [0.29, 0.717) is 33.8 Å². The summed E-state index contributed by atoms with van der Waals surface area (Å²) in [6.45, 7) is -0.426.